The molecule has 3 rings (SSSR count). The Balaban J connectivity index is 0.00000280. The Hall–Kier alpha value is -2.15. The van der Waals surface area contributed by atoms with Crippen LogP contribution >= 0.6 is 12.4 Å². The summed E-state index contributed by atoms with van der Waals surface area (Å²) in [6.45, 7) is 3.29. The van der Waals surface area contributed by atoms with Gasteiger partial charge < -0.3 is 15.8 Å². The van der Waals surface area contributed by atoms with Gasteiger partial charge in [0.05, 0.1) is 13.1 Å². The Morgan fingerprint density at radius 2 is 1.96 bits per heavy atom. The number of likely N-dealkylation sites (tertiary alicyclic amines) is 1. The van der Waals surface area contributed by atoms with Crippen molar-refractivity contribution in [2.75, 3.05) is 39.3 Å². The van der Waals surface area contributed by atoms with Gasteiger partial charge >= 0.3 is 0 Å². The molecule has 1 amide bonds. The molecule has 1 heterocycles. The van der Waals surface area contributed by atoms with Crippen molar-refractivity contribution in [3.8, 4) is 5.75 Å². The first kappa shape index (κ1) is 22.1. The van der Waals surface area contributed by atoms with Crippen LogP contribution in [0.2, 0.25) is 0 Å². The molecule has 28 heavy (non-hydrogen) atoms. The predicted octanol–water partition coefficient (Wildman–Crippen LogP) is 2.42. The van der Waals surface area contributed by atoms with E-state index in [1.165, 1.54) is 17.7 Å². The van der Waals surface area contributed by atoms with Gasteiger partial charge in [0.25, 0.3) is 0 Å². The van der Waals surface area contributed by atoms with E-state index in [-0.39, 0.29) is 24.1 Å². The van der Waals surface area contributed by atoms with Crippen LogP contribution in [0.15, 0.2) is 54.6 Å². The second-order valence-corrected chi connectivity index (χ2v) is 6.86. The van der Waals surface area contributed by atoms with E-state index < -0.39 is 0 Å². The summed E-state index contributed by atoms with van der Waals surface area (Å²) in [4.78, 5) is 14.4. The zero-order valence-electron chi connectivity index (χ0n) is 15.7. The summed E-state index contributed by atoms with van der Waals surface area (Å²) in [7, 11) is 0. The fourth-order valence-electron chi connectivity index (χ4n) is 3.58. The van der Waals surface area contributed by atoms with E-state index in [0.717, 1.165) is 13.1 Å². The van der Waals surface area contributed by atoms with Crippen molar-refractivity contribution in [1.82, 2.24) is 10.2 Å². The van der Waals surface area contributed by atoms with Crippen LogP contribution in [0.25, 0.3) is 0 Å². The summed E-state index contributed by atoms with van der Waals surface area (Å²) < 4.78 is 18.5. The van der Waals surface area contributed by atoms with Crippen LogP contribution in [0.4, 0.5) is 4.39 Å². The average molecular weight is 408 g/mol. The third kappa shape index (κ3) is 6.19. The molecule has 152 valence electrons. The van der Waals surface area contributed by atoms with Gasteiger partial charge in [-0.05, 0) is 30.2 Å². The first-order valence-electron chi connectivity index (χ1n) is 9.28. The number of benzene rings is 2. The highest BCUT2D eigenvalue weighted by Crippen LogP contribution is 2.31. The van der Waals surface area contributed by atoms with Gasteiger partial charge in [0, 0.05) is 25.1 Å². The molecule has 7 heteroatoms. The number of amides is 1. The van der Waals surface area contributed by atoms with Gasteiger partial charge in [-0.1, -0.05) is 36.4 Å². The van der Waals surface area contributed by atoms with Gasteiger partial charge in [0.15, 0.2) is 0 Å². The van der Waals surface area contributed by atoms with Gasteiger partial charge in [-0.25, -0.2) is 4.39 Å². The molecule has 1 aliphatic heterocycles. The molecule has 1 aliphatic rings. The van der Waals surface area contributed by atoms with Crippen molar-refractivity contribution in [3.63, 3.8) is 0 Å². The molecule has 3 N–H and O–H groups in total. The molecule has 0 unspecified atom stereocenters. The maximum absolute atomic E-state index is 13.1. The zero-order valence-corrected chi connectivity index (χ0v) is 16.5. The largest absolute Gasteiger partial charge is 0.492 e. The SMILES string of the molecule is Cl.NC[C@@H]1CN(CC(=O)NCCOc2cccc(F)c2)C[C@H]1c1ccccc1. The Morgan fingerprint density at radius 1 is 1.18 bits per heavy atom. The number of rotatable bonds is 8. The fraction of sp³-hybridized carbons (Fsp3) is 0.381. The molecule has 1 saturated heterocycles. The van der Waals surface area contributed by atoms with Crippen LogP contribution in [0.3, 0.4) is 0 Å². The molecule has 2 aromatic rings. The Kier molecular flexibility index (Phi) is 8.70. The van der Waals surface area contributed by atoms with Crippen molar-refractivity contribution in [2.45, 2.75) is 5.92 Å². The van der Waals surface area contributed by atoms with E-state index in [0.29, 0.717) is 43.8 Å². The fourth-order valence-corrected chi connectivity index (χ4v) is 3.58. The third-order valence-electron chi connectivity index (χ3n) is 4.90. The molecule has 2 atom stereocenters. The lowest BCUT2D eigenvalue weighted by molar-refractivity contribution is -0.122. The Morgan fingerprint density at radius 3 is 2.68 bits per heavy atom. The van der Waals surface area contributed by atoms with E-state index in [4.69, 9.17) is 10.5 Å². The number of halogens is 2. The normalized spacial score (nSPS) is 19.1. The summed E-state index contributed by atoms with van der Waals surface area (Å²) >= 11 is 0. The standard InChI is InChI=1S/C21H26FN3O2.ClH/c22-18-7-4-8-19(11-18)27-10-9-24-21(26)15-25-13-17(12-23)20(14-25)16-5-2-1-3-6-16;/h1-8,11,17,20H,9-10,12-15,23H2,(H,24,26);1H/t17-,20+;/m1./s1. The quantitative estimate of drug-likeness (QED) is 0.659. The monoisotopic (exact) mass is 407 g/mol. The smallest absolute Gasteiger partial charge is 0.234 e. The van der Waals surface area contributed by atoms with Crippen molar-refractivity contribution in [1.29, 1.82) is 0 Å². The molecule has 0 radical (unpaired) electrons. The van der Waals surface area contributed by atoms with Crippen LogP contribution in [0.5, 0.6) is 5.75 Å². The zero-order chi connectivity index (χ0) is 19.1. The van der Waals surface area contributed by atoms with Crippen molar-refractivity contribution < 1.29 is 13.9 Å². The Bertz CT molecular complexity index is 747. The number of hydrogen-bond acceptors (Lipinski definition) is 4. The van der Waals surface area contributed by atoms with E-state index in [1.807, 2.05) is 18.2 Å². The average Bonchev–Trinajstić information content (AvgIpc) is 3.09. The molecule has 0 aliphatic carbocycles. The van der Waals surface area contributed by atoms with Gasteiger partial charge in [-0.15, -0.1) is 12.4 Å². The van der Waals surface area contributed by atoms with Gasteiger partial charge in [-0.3, -0.25) is 9.69 Å². The molecular weight excluding hydrogens is 381 g/mol. The molecule has 0 aromatic heterocycles. The summed E-state index contributed by atoms with van der Waals surface area (Å²) in [6, 6.07) is 16.3. The van der Waals surface area contributed by atoms with Gasteiger partial charge in [0.2, 0.25) is 5.91 Å². The lowest BCUT2D eigenvalue weighted by atomic mass is 9.89. The highest BCUT2D eigenvalue weighted by atomic mass is 35.5. The topological polar surface area (TPSA) is 67.6 Å². The van der Waals surface area contributed by atoms with Crippen LogP contribution in [-0.4, -0.2) is 50.1 Å². The number of carbonyl (C=O) groups excluding carboxylic acids is 1. The van der Waals surface area contributed by atoms with Crippen LogP contribution in [0, 0.1) is 11.7 Å². The highest BCUT2D eigenvalue weighted by Gasteiger charge is 2.33. The summed E-state index contributed by atoms with van der Waals surface area (Å²) in [5.74, 6) is 0.799. The molecule has 5 nitrogen and oxygen atoms in total. The maximum atomic E-state index is 13.1. The first-order valence-corrected chi connectivity index (χ1v) is 9.28. The minimum atomic E-state index is -0.340. The molecule has 1 fully saturated rings. The highest BCUT2D eigenvalue weighted by molar-refractivity contribution is 5.85. The van der Waals surface area contributed by atoms with E-state index in [1.54, 1.807) is 12.1 Å². The molecule has 2 aromatic carbocycles. The lowest BCUT2D eigenvalue weighted by Gasteiger charge is -2.16. The number of nitrogens with one attached hydrogen (secondary N) is 1. The second kappa shape index (κ2) is 11.0. The third-order valence-corrected chi connectivity index (χ3v) is 4.90. The number of hydrogen-bond donors (Lipinski definition) is 2. The first-order chi connectivity index (χ1) is 13.2. The van der Waals surface area contributed by atoms with Crippen LogP contribution in [0.1, 0.15) is 11.5 Å². The Labute approximate surface area is 171 Å². The lowest BCUT2D eigenvalue weighted by Crippen LogP contribution is -2.38. The number of nitrogens with zero attached hydrogens (tertiary/aromatic N) is 1. The second-order valence-electron chi connectivity index (χ2n) is 6.86. The number of carbonyl (C=O) groups is 1. The van der Waals surface area contributed by atoms with Crippen molar-refractivity contribution in [2.24, 2.45) is 11.7 Å². The molecule has 0 saturated carbocycles. The minimum Gasteiger partial charge on any atom is -0.492 e. The van der Waals surface area contributed by atoms with Gasteiger partial charge in [0.1, 0.15) is 18.2 Å². The predicted molar refractivity (Wildman–Crippen MR) is 110 cm³/mol. The minimum absolute atomic E-state index is 0. The molecule has 0 bridgehead atoms. The molecule has 0 spiro atoms. The number of ether oxygens (including phenoxy) is 1. The van der Waals surface area contributed by atoms with E-state index in [2.05, 4.69) is 22.3 Å². The van der Waals surface area contributed by atoms with Crippen molar-refractivity contribution in [3.05, 3.63) is 66.0 Å². The van der Waals surface area contributed by atoms with E-state index in [9.17, 15) is 9.18 Å². The summed E-state index contributed by atoms with van der Waals surface area (Å²) in [5, 5.41) is 2.85. The van der Waals surface area contributed by atoms with Crippen LogP contribution in [-0.2, 0) is 4.79 Å². The van der Waals surface area contributed by atoms with Crippen LogP contribution < -0.4 is 15.8 Å². The van der Waals surface area contributed by atoms with Crippen molar-refractivity contribution >= 4 is 18.3 Å². The van der Waals surface area contributed by atoms with Gasteiger partial charge in [-0.2, -0.15) is 0 Å². The number of nitrogens with two attached hydrogens (primary N) is 1. The van der Waals surface area contributed by atoms with E-state index >= 15 is 0 Å². The maximum Gasteiger partial charge on any atom is 0.234 e. The summed E-state index contributed by atoms with van der Waals surface area (Å²) in [6.07, 6.45) is 0. The summed E-state index contributed by atoms with van der Waals surface area (Å²) in [5.41, 5.74) is 7.23. The molecular formula is C21H27ClFN3O2.